The summed E-state index contributed by atoms with van der Waals surface area (Å²) in [5, 5.41) is 6.04. The van der Waals surface area contributed by atoms with Crippen molar-refractivity contribution in [3.05, 3.63) is 35.4 Å². The summed E-state index contributed by atoms with van der Waals surface area (Å²) in [7, 11) is 0. The van der Waals surface area contributed by atoms with Crippen molar-refractivity contribution >= 4 is 5.91 Å². The molecule has 0 bridgehead atoms. The minimum absolute atomic E-state index is 0.0435. The van der Waals surface area contributed by atoms with Crippen LogP contribution in [-0.2, 0) is 6.18 Å². The highest BCUT2D eigenvalue weighted by Crippen LogP contribution is 2.29. The fourth-order valence-electron chi connectivity index (χ4n) is 2.41. The van der Waals surface area contributed by atoms with E-state index in [2.05, 4.69) is 17.6 Å². The molecule has 116 valence electrons. The molecule has 0 saturated carbocycles. The third-order valence-corrected chi connectivity index (χ3v) is 3.77. The quantitative estimate of drug-likeness (QED) is 0.901. The Labute approximate surface area is 121 Å². The number of nitrogens with one attached hydrogen (secondary N) is 2. The summed E-state index contributed by atoms with van der Waals surface area (Å²) in [6, 6.07) is 4.98. The normalized spacial score (nSPS) is 22.9. The maximum atomic E-state index is 12.6. The number of hydrogen-bond acceptors (Lipinski definition) is 2. The largest absolute Gasteiger partial charge is 0.416 e. The van der Waals surface area contributed by atoms with Crippen molar-refractivity contribution in [2.24, 2.45) is 5.92 Å². The van der Waals surface area contributed by atoms with E-state index in [-0.39, 0.29) is 5.56 Å². The highest BCUT2D eigenvalue weighted by Gasteiger charge is 2.31. The highest BCUT2D eigenvalue weighted by molar-refractivity contribution is 5.94. The van der Waals surface area contributed by atoms with Crippen molar-refractivity contribution in [2.45, 2.75) is 32.0 Å². The fraction of sp³-hybridized carbons (Fsp3) is 0.533. The molecule has 1 amide bonds. The first-order chi connectivity index (χ1) is 9.86. The Morgan fingerprint density at radius 2 is 2.14 bits per heavy atom. The highest BCUT2D eigenvalue weighted by atomic mass is 19.4. The lowest BCUT2D eigenvalue weighted by Gasteiger charge is -2.27. The third kappa shape index (κ3) is 4.46. The van der Waals surface area contributed by atoms with Gasteiger partial charge < -0.3 is 10.6 Å². The zero-order chi connectivity index (χ0) is 15.5. The molecule has 1 aromatic rings. The van der Waals surface area contributed by atoms with Crippen LogP contribution in [0.25, 0.3) is 0 Å². The van der Waals surface area contributed by atoms with E-state index in [0.29, 0.717) is 18.5 Å². The molecule has 2 atom stereocenters. The van der Waals surface area contributed by atoms with Crippen molar-refractivity contribution in [3.63, 3.8) is 0 Å². The number of hydrogen-bond donors (Lipinski definition) is 2. The van der Waals surface area contributed by atoms with Crippen LogP contribution in [0.2, 0.25) is 0 Å². The summed E-state index contributed by atoms with van der Waals surface area (Å²) in [5.74, 6) is -0.129. The van der Waals surface area contributed by atoms with Gasteiger partial charge in [-0.25, -0.2) is 0 Å². The molecule has 1 aliphatic heterocycles. The van der Waals surface area contributed by atoms with Crippen LogP contribution in [-0.4, -0.2) is 25.0 Å². The second kappa shape index (κ2) is 6.47. The summed E-state index contributed by atoms with van der Waals surface area (Å²) in [5.41, 5.74) is -0.759. The summed E-state index contributed by atoms with van der Waals surface area (Å²) < 4.78 is 37.8. The van der Waals surface area contributed by atoms with E-state index in [9.17, 15) is 18.0 Å². The van der Waals surface area contributed by atoms with Gasteiger partial charge in [0, 0.05) is 18.2 Å². The number of halogens is 3. The van der Waals surface area contributed by atoms with Gasteiger partial charge in [0.25, 0.3) is 5.91 Å². The summed E-state index contributed by atoms with van der Waals surface area (Å²) in [6.07, 6.45) is -2.37. The standard InChI is InChI=1S/C15H19F3N2O/c1-10-5-6-11(8-19-10)9-20-14(21)12-3-2-4-13(7-12)15(16,17)18/h2-4,7,10-11,19H,5-6,8-9H2,1H3,(H,20,21). The maximum Gasteiger partial charge on any atom is 0.416 e. The molecule has 2 rings (SSSR count). The summed E-state index contributed by atoms with van der Waals surface area (Å²) in [6.45, 7) is 3.41. The van der Waals surface area contributed by atoms with Gasteiger partial charge in [0.15, 0.2) is 0 Å². The Hall–Kier alpha value is -1.56. The van der Waals surface area contributed by atoms with E-state index in [1.807, 2.05) is 0 Å². The average Bonchev–Trinajstić information content (AvgIpc) is 2.45. The van der Waals surface area contributed by atoms with Crippen LogP contribution < -0.4 is 10.6 Å². The van der Waals surface area contributed by atoms with Gasteiger partial charge in [-0.2, -0.15) is 13.2 Å². The van der Waals surface area contributed by atoms with E-state index in [4.69, 9.17) is 0 Å². The van der Waals surface area contributed by atoms with Crippen LogP contribution in [0.4, 0.5) is 13.2 Å². The van der Waals surface area contributed by atoms with Crippen molar-refractivity contribution in [2.75, 3.05) is 13.1 Å². The number of piperidine rings is 1. The van der Waals surface area contributed by atoms with Crippen molar-refractivity contribution in [3.8, 4) is 0 Å². The molecule has 1 heterocycles. The Morgan fingerprint density at radius 3 is 2.76 bits per heavy atom. The van der Waals surface area contributed by atoms with Crippen molar-refractivity contribution in [1.82, 2.24) is 10.6 Å². The summed E-state index contributed by atoms with van der Waals surface area (Å²) >= 11 is 0. The Bertz CT molecular complexity index is 494. The first-order valence-corrected chi connectivity index (χ1v) is 7.05. The van der Waals surface area contributed by atoms with Gasteiger partial charge in [-0.15, -0.1) is 0 Å². The van der Waals surface area contributed by atoms with Crippen LogP contribution in [0.5, 0.6) is 0 Å². The monoisotopic (exact) mass is 300 g/mol. The number of carbonyl (C=O) groups is 1. The first-order valence-electron chi connectivity index (χ1n) is 7.05. The fourth-order valence-corrected chi connectivity index (χ4v) is 2.41. The zero-order valence-corrected chi connectivity index (χ0v) is 11.8. The molecule has 2 unspecified atom stereocenters. The third-order valence-electron chi connectivity index (χ3n) is 3.77. The number of rotatable bonds is 3. The SMILES string of the molecule is CC1CCC(CNC(=O)c2cccc(C(F)(F)F)c2)CN1. The smallest absolute Gasteiger partial charge is 0.352 e. The molecule has 0 radical (unpaired) electrons. The molecule has 1 saturated heterocycles. The minimum atomic E-state index is -4.43. The van der Waals surface area contributed by atoms with E-state index < -0.39 is 17.6 Å². The maximum absolute atomic E-state index is 12.6. The Balaban J connectivity index is 1.91. The number of alkyl halides is 3. The molecule has 1 aromatic carbocycles. The van der Waals surface area contributed by atoms with E-state index in [1.165, 1.54) is 12.1 Å². The van der Waals surface area contributed by atoms with E-state index in [1.54, 1.807) is 0 Å². The molecule has 0 spiro atoms. The molecule has 1 fully saturated rings. The molecule has 21 heavy (non-hydrogen) atoms. The van der Waals surface area contributed by atoms with E-state index >= 15 is 0 Å². The summed E-state index contributed by atoms with van der Waals surface area (Å²) in [4.78, 5) is 11.9. The van der Waals surface area contributed by atoms with Crippen molar-refractivity contribution < 1.29 is 18.0 Å². The van der Waals surface area contributed by atoms with Gasteiger partial charge in [-0.3, -0.25) is 4.79 Å². The van der Waals surface area contributed by atoms with Crippen molar-refractivity contribution in [1.29, 1.82) is 0 Å². The first kappa shape index (κ1) is 15.8. The van der Waals surface area contributed by atoms with Gasteiger partial charge in [0.2, 0.25) is 0 Å². The lowest BCUT2D eigenvalue weighted by molar-refractivity contribution is -0.137. The van der Waals surface area contributed by atoms with Gasteiger partial charge >= 0.3 is 6.18 Å². The lowest BCUT2D eigenvalue weighted by Crippen LogP contribution is -2.42. The van der Waals surface area contributed by atoms with Crippen LogP contribution in [0.1, 0.15) is 35.7 Å². The van der Waals surface area contributed by atoms with Crippen LogP contribution >= 0.6 is 0 Å². The van der Waals surface area contributed by atoms with Crippen LogP contribution in [0.15, 0.2) is 24.3 Å². The molecule has 3 nitrogen and oxygen atoms in total. The second-order valence-electron chi connectivity index (χ2n) is 5.54. The molecule has 0 aromatic heterocycles. The molecular weight excluding hydrogens is 281 g/mol. The topological polar surface area (TPSA) is 41.1 Å². The lowest BCUT2D eigenvalue weighted by atomic mass is 9.95. The Morgan fingerprint density at radius 1 is 1.38 bits per heavy atom. The van der Waals surface area contributed by atoms with Gasteiger partial charge in [-0.1, -0.05) is 6.07 Å². The molecule has 1 aliphatic rings. The van der Waals surface area contributed by atoms with Gasteiger partial charge in [0.05, 0.1) is 5.56 Å². The Kier molecular flexibility index (Phi) is 4.88. The minimum Gasteiger partial charge on any atom is -0.352 e. The van der Waals surface area contributed by atoms with Crippen LogP contribution in [0, 0.1) is 5.92 Å². The second-order valence-corrected chi connectivity index (χ2v) is 5.54. The van der Waals surface area contributed by atoms with Gasteiger partial charge in [0.1, 0.15) is 0 Å². The number of amides is 1. The number of carbonyl (C=O) groups excluding carboxylic acids is 1. The predicted molar refractivity (Wildman–Crippen MR) is 74.0 cm³/mol. The molecule has 6 heteroatoms. The van der Waals surface area contributed by atoms with E-state index in [0.717, 1.165) is 31.5 Å². The molecular formula is C15H19F3N2O. The average molecular weight is 300 g/mol. The predicted octanol–water partition coefficient (Wildman–Crippen LogP) is 2.82. The zero-order valence-electron chi connectivity index (χ0n) is 11.8. The van der Waals surface area contributed by atoms with Gasteiger partial charge in [-0.05, 0) is 50.4 Å². The number of benzene rings is 1. The van der Waals surface area contributed by atoms with Crippen LogP contribution in [0.3, 0.4) is 0 Å². The molecule has 0 aliphatic carbocycles. The molecule has 2 N–H and O–H groups in total.